The fraction of sp³-hybridized carbons (Fsp3) is 0.429. The van der Waals surface area contributed by atoms with Gasteiger partial charge in [0, 0.05) is 18.3 Å². The van der Waals surface area contributed by atoms with Gasteiger partial charge in [0.2, 0.25) is 0 Å². The zero-order valence-corrected chi connectivity index (χ0v) is 10.6. The molecule has 0 aromatic carbocycles. The number of hydrogen-bond acceptors (Lipinski definition) is 4. The smallest absolute Gasteiger partial charge is 0.174 e. The molecule has 3 rings (SSSR count). The molecule has 19 heavy (non-hydrogen) atoms. The van der Waals surface area contributed by atoms with Gasteiger partial charge in [0.1, 0.15) is 5.78 Å². The molecule has 2 aromatic heterocycles. The van der Waals surface area contributed by atoms with E-state index in [0.717, 1.165) is 25.7 Å². The average Bonchev–Trinajstić information content (AvgIpc) is 3.08. The summed E-state index contributed by atoms with van der Waals surface area (Å²) in [7, 11) is 0. The minimum atomic E-state index is -0.153. The molecule has 1 aliphatic rings. The van der Waals surface area contributed by atoms with Crippen molar-refractivity contribution >= 4 is 17.1 Å². The fourth-order valence-electron chi connectivity index (χ4n) is 2.69. The van der Waals surface area contributed by atoms with Crippen molar-refractivity contribution in [3.8, 4) is 0 Å². The van der Waals surface area contributed by atoms with Crippen LogP contribution in [-0.4, -0.2) is 26.2 Å². The first kappa shape index (κ1) is 12.0. The maximum atomic E-state index is 12.2. The number of hydrogen-bond donors (Lipinski definition) is 0. The second kappa shape index (κ2) is 4.91. The lowest BCUT2D eigenvalue weighted by Gasteiger charge is -2.06. The number of nitrogens with zero attached hydrogens (tertiary/aromatic N) is 3. The van der Waals surface area contributed by atoms with Crippen molar-refractivity contribution in [2.75, 3.05) is 0 Å². The predicted octanol–water partition coefficient (Wildman–Crippen LogP) is 2.06. The molecule has 5 nitrogen and oxygen atoms in total. The molecule has 1 fully saturated rings. The summed E-state index contributed by atoms with van der Waals surface area (Å²) in [6, 6.07) is 0. The van der Waals surface area contributed by atoms with Crippen LogP contribution in [0.3, 0.4) is 0 Å². The van der Waals surface area contributed by atoms with Gasteiger partial charge in [-0.1, -0.05) is 12.8 Å². The molecule has 0 bridgehead atoms. The molecule has 2 aromatic rings. The van der Waals surface area contributed by atoms with Gasteiger partial charge in [-0.05, 0) is 12.8 Å². The third kappa shape index (κ3) is 2.28. The largest absolute Gasteiger partial charge is 0.299 e. The molecule has 0 saturated heterocycles. The summed E-state index contributed by atoms with van der Waals surface area (Å²) in [4.78, 5) is 28.2. The quantitative estimate of drug-likeness (QED) is 0.621. The summed E-state index contributed by atoms with van der Waals surface area (Å²) in [5.74, 6) is 0.00885. The van der Waals surface area contributed by atoms with Crippen molar-refractivity contribution in [2.24, 2.45) is 5.92 Å². The van der Waals surface area contributed by atoms with Gasteiger partial charge in [-0.2, -0.15) is 5.10 Å². The Morgan fingerprint density at radius 3 is 2.84 bits per heavy atom. The Morgan fingerprint density at radius 2 is 2.05 bits per heavy atom. The van der Waals surface area contributed by atoms with E-state index >= 15 is 0 Å². The lowest BCUT2D eigenvalue weighted by atomic mass is 9.96. The van der Waals surface area contributed by atoms with E-state index in [4.69, 9.17) is 0 Å². The van der Waals surface area contributed by atoms with E-state index in [1.54, 1.807) is 23.1 Å². The molecule has 0 aliphatic heterocycles. The maximum Gasteiger partial charge on any atom is 0.174 e. The first-order valence-electron chi connectivity index (χ1n) is 6.59. The van der Waals surface area contributed by atoms with E-state index in [1.807, 2.05) is 0 Å². The highest BCUT2D eigenvalue weighted by molar-refractivity contribution is 6.11. The number of fused-ring (bicyclic) bond motifs is 1. The number of carbonyl (C=O) groups excluding carboxylic acids is 2. The first-order chi connectivity index (χ1) is 9.25. The third-order valence-corrected chi connectivity index (χ3v) is 3.77. The monoisotopic (exact) mass is 257 g/mol. The van der Waals surface area contributed by atoms with Gasteiger partial charge in [-0.3, -0.25) is 14.6 Å². The Balaban J connectivity index is 1.78. The van der Waals surface area contributed by atoms with E-state index in [1.165, 1.54) is 6.20 Å². The highest BCUT2D eigenvalue weighted by Crippen LogP contribution is 2.27. The molecular formula is C14H15N3O2. The lowest BCUT2D eigenvalue weighted by molar-refractivity contribution is -0.121. The van der Waals surface area contributed by atoms with Crippen LogP contribution in [0.25, 0.3) is 5.52 Å². The van der Waals surface area contributed by atoms with Gasteiger partial charge < -0.3 is 0 Å². The van der Waals surface area contributed by atoms with Crippen LogP contribution in [0.1, 0.15) is 42.5 Å². The number of rotatable bonds is 4. The molecule has 0 amide bonds. The molecule has 0 atom stereocenters. The van der Waals surface area contributed by atoms with Crippen molar-refractivity contribution in [3.05, 3.63) is 30.4 Å². The summed E-state index contributed by atoms with van der Waals surface area (Å²) >= 11 is 0. The minimum Gasteiger partial charge on any atom is -0.299 e. The molecule has 2 heterocycles. The normalized spacial score (nSPS) is 16.0. The van der Waals surface area contributed by atoms with Gasteiger partial charge in [-0.25, -0.2) is 4.52 Å². The van der Waals surface area contributed by atoms with Crippen LogP contribution in [0.2, 0.25) is 0 Å². The van der Waals surface area contributed by atoms with Crippen LogP contribution in [0.4, 0.5) is 0 Å². The highest BCUT2D eigenvalue weighted by atomic mass is 16.1. The SMILES string of the molecule is O=C(CC(=O)C1CCCC1)c1cnn2ccncc12. The average molecular weight is 257 g/mol. The van der Waals surface area contributed by atoms with E-state index in [9.17, 15) is 9.59 Å². The second-order valence-electron chi connectivity index (χ2n) is 5.01. The number of ketones is 2. The maximum absolute atomic E-state index is 12.2. The molecular weight excluding hydrogens is 242 g/mol. The second-order valence-corrected chi connectivity index (χ2v) is 5.01. The van der Waals surface area contributed by atoms with Crippen molar-refractivity contribution in [2.45, 2.75) is 32.1 Å². The molecule has 0 unspecified atom stereocenters. The third-order valence-electron chi connectivity index (χ3n) is 3.77. The fourth-order valence-corrected chi connectivity index (χ4v) is 2.69. The number of Topliss-reactive ketones (excluding diaryl/α,β-unsaturated/α-hetero) is 2. The van der Waals surface area contributed by atoms with Gasteiger partial charge in [0.25, 0.3) is 0 Å². The topological polar surface area (TPSA) is 64.3 Å². The highest BCUT2D eigenvalue weighted by Gasteiger charge is 2.25. The van der Waals surface area contributed by atoms with Crippen molar-refractivity contribution in [1.29, 1.82) is 0 Å². The lowest BCUT2D eigenvalue weighted by Crippen LogP contribution is -2.15. The molecule has 5 heteroatoms. The number of carbonyl (C=O) groups is 2. The Morgan fingerprint density at radius 1 is 1.26 bits per heavy atom. The minimum absolute atomic E-state index is 0.0130. The van der Waals surface area contributed by atoms with Crippen molar-refractivity contribution < 1.29 is 9.59 Å². The van der Waals surface area contributed by atoms with Crippen LogP contribution in [0.15, 0.2) is 24.8 Å². The van der Waals surface area contributed by atoms with Gasteiger partial charge in [0.15, 0.2) is 5.78 Å². The molecule has 0 N–H and O–H groups in total. The van der Waals surface area contributed by atoms with Crippen LogP contribution in [0, 0.1) is 5.92 Å². The zero-order chi connectivity index (χ0) is 13.2. The van der Waals surface area contributed by atoms with Gasteiger partial charge in [-0.15, -0.1) is 0 Å². The van der Waals surface area contributed by atoms with Crippen molar-refractivity contribution in [1.82, 2.24) is 14.6 Å². The summed E-state index contributed by atoms with van der Waals surface area (Å²) in [6.07, 6.45) is 10.5. The zero-order valence-electron chi connectivity index (χ0n) is 10.6. The molecule has 1 aliphatic carbocycles. The van der Waals surface area contributed by atoms with E-state index in [2.05, 4.69) is 10.1 Å². The van der Waals surface area contributed by atoms with Crippen LogP contribution in [0.5, 0.6) is 0 Å². The standard InChI is InChI=1S/C14H15N3O2/c18-13(10-3-1-2-4-10)7-14(19)11-8-16-17-6-5-15-9-12(11)17/h5-6,8-10H,1-4,7H2. The van der Waals surface area contributed by atoms with Crippen molar-refractivity contribution in [3.63, 3.8) is 0 Å². The first-order valence-corrected chi connectivity index (χ1v) is 6.59. The van der Waals surface area contributed by atoms with Gasteiger partial charge in [0.05, 0.1) is 29.9 Å². The summed E-state index contributed by atoms with van der Waals surface area (Å²) < 4.78 is 1.60. The molecule has 1 saturated carbocycles. The van der Waals surface area contributed by atoms with E-state index < -0.39 is 0 Å². The van der Waals surface area contributed by atoms with Crippen LogP contribution >= 0.6 is 0 Å². The summed E-state index contributed by atoms with van der Waals surface area (Å²) in [6.45, 7) is 0. The number of aromatic nitrogens is 3. The van der Waals surface area contributed by atoms with Gasteiger partial charge >= 0.3 is 0 Å². The van der Waals surface area contributed by atoms with Crippen LogP contribution in [-0.2, 0) is 4.79 Å². The van der Waals surface area contributed by atoms with Crippen LogP contribution < -0.4 is 0 Å². The predicted molar refractivity (Wildman–Crippen MR) is 68.9 cm³/mol. The molecule has 0 spiro atoms. The van der Waals surface area contributed by atoms with E-state index in [-0.39, 0.29) is 23.9 Å². The Hall–Kier alpha value is -2.04. The molecule has 98 valence electrons. The summed E-state index contributed by atoms with van der Waals surface area (Å²) in [5.41, 5.74) is 1.14. The Kier molecular flexibility index (Phi) is 3.11. The Bertz CT molecular complexity index is 626. The Labute approximate surface area is 110 Å². The summed E-state index contributed by atoms with van der Waals surface area (Å²) in [5, 5.41) is 4.09. The van der Waals surface area contributed by atoms with E-state index in [0.29, 0.717) is 11.1 Å². The molecule has 0 radical (unpaired) electrons.